The van der Waals surface area contributed by atoms with Crippen LogP contribution < -0.4 is 11.5 Å². The van der Waals surface area contributed by atoms with E-state index in [9.17, 15) is 9.59 Å². The van der Waals surface area contributed by atoms with E-state index in [1.54, 1.807) is 20.8 Å². The van der Waals surface area contributed by atoms with E-state index in [-0.39, 0.29) is 18.8 Å². The van der Waals surface area contributed by atoms with Crippen LogP contribution in [0.2, 0.25) is 0 Å². The molecular weight excluding hydrogens is 260 g/mol. The maximum Gasteiger partial charge on any atom is 0.338 e. The summed E-state index contributed by atoms with van der Waals surface area (Å²) in [5.41, 5.74) is 8.18. The minimum absolute atomic E-state index is 0. The first-order valence-corrected chi connectivity index (χ1v) is 5.59. The van der Waals surface area contributed by atoms with Gasteiger partial charge in [0, 0.05) is 0 Å². The van der Waals surface area contributed by atoms with Gasteiger partial charge in [-0.3, -0.25) is 0 Å². The number of ether oxygens (including phenoxy) is 1. The Morgan fingerprint density at radius 2 is 1.72 bits per heavy atom. The van der Waals surface area contributed by atoms with Crippen molar-refractivity contribution in [1.29, 1.82) is 0 Å². The third-order valence-electron chi connectivity index (χ3n) is 2.17. The van der Waals surface area contributed by atoms with Crippen molar-refractivity contribution in [3.05, 3.63) is 0 Å². The Morgan fingerprint density at radius 1 is 1.22 bits per heavy atom. The molecule has 0 aliphatic heterocycles. The highest BCUT2D eigenvalue weighted by atomic mass is 35.5. The second-order valence-electron chi connectivity index (χ2n) is 5.02. The average molecular weight is 283 g/mol. The number of aliphatic carboxylic acids is 1. The van der Waals surface area contributed by atoms with Gasteiger partial charge < -0.3 is 21.3 Å². The summed E-state index contributed by atoms with van der Waals surface area (Å²) in [5.74, 6) is -2.28. The van der Waals surface area contributed by atoms with Crippen LogP contribution in [0.3, 0.4) is 0 Å². The van der Waals surface area contributed by atoms with Crippen LogP contribution in [0, 0.1) is 0 Å². The van der Waals surface area contributed by atoms with Gasteiger partial charge >= 0.3 is 11.9 Å². The van der Waals surface area contributed by atoms with Crippen molar-refractivity contribution in [1.82, 2.24) is 0 Å². The summed E-state index contributed by atoms with van der Waals surface area (Å²) in [7, 11) is 0. The molecule has 0 aliphatic carbocycles. The smallest absolute Gasteiger partial charge is 0.338 e. The lowest BCUT2D eigenvalue weighted by Gasteiger charge is -2.28. The lowest BCUT2D eigenvalue weighted by atomic mass is 9.93. The molecule has 0 aromatic heterocycles. The van der Waals surface area contributed by atoms with Gasteiger partial charge in [0.15, 0.2) is 0 Å². The predicted molar refractivity (Wildman–Crippen MR) is 70.6 cm³/mol. The largest absolute Gasteiger partial charge is 0.479 e. The second-order valence-corrected chi connectivity index (χ2v) is 5.02. The van der Waals surface area contributed by atoms with E-state index in [1.165, 1.54) is 0 Å². The van der Waals surface area contributed by atoms with Gasteiger partial charge in [-0.05, 0) is 46.6 Å². The van der Waals surface area contributed by atoms with Crippen LogP contribution in [0.1, 0.15) is 40.0 Å². The van der Waals surface area contributed by atoms with E-state index >= 15 is 0 Å². The average Bonchev–Trinajstić information content (AvgIpc) is 2.14. The molecule has 0 aromatic carbocycles. The maximum atomic E-state index is 11.8. The first-order valence-electron chi connectivity index (χ1n) is 5.59. The summed E-state index contributed by atoms with van der Waals surface area (Å²) < 4.78 is 5.02. The first-order chi connectivity index (χ1) is 7.63. The number of carbonyl (C=O) groups is 2. The summed E-state index contributed by atoms with van der Waals surface area (Å²) in [4.78, 5) is 22.8. The molecule has 0 rings (SSSR count). The van der Waals surface area contributed by atoms with Crippen molar-refractivity contribution in [3.8, 4) is 0 Å². The van der Waals surface area contributed by atoms with E-state index in [4.69, 9.17) is 21.3 Å². The molecule has 1 atom stereocenters. The van der Waals surface area contributed by atoms with Crippen LogP contribution in [-0.4, -0.2) is 34.7 Å². The van der Waals surface area contributed by atoms with E-state index in [0.29, 0.717) is 19.4 Å². The SMILES string of the molecule is CC(C)(C)OC(=O)[C@@](N)(CCCCN)C(=O)O.Cl. The molecular formula is C11H23ClN2O4. The highest BCUT2D eigenvalue weighted by Crippen LogP contribution is 2.18. The number of carboxylic acid groups (broad SMARTS) is 1. The minimum atomic E-state index is -1.98. The van der Waals surface area contributed by atoms with Crippen LogP contribution in [0.5, 0.6) is 0 Å². The fourth-order valence-electron chi connectivity index (χ4n) is 1.21. The summed E-state index contributed by atoms with van der Waals surface area (Å²) >= 11 is 0. The summed E-state index contributed by atoms with van der Waals surface area (Å²) in [6.07, 6.45) is 1.11. The Balaban J connectivity index is 0. The Labute approximate surface area is 113 Å². The molecule has 108 valence electrons. The number of carbonyl (C=O) groups excluding carboxylic acids is 1. The van der Waals surface area contributed by atoms with E-state index in [2.05, 4.69) is 0 Å². The molecule has 6 nitrogen and oxygen atoms in total. The molecule has 0 aromatic rings. The van der Waals surface area contributed by atoms with Crippen molar-refractivity contribution in [3.63, 3.8) is 0 Å². The van der Waals surface area contributed by atoms with Gasteiger partial charge in [-0.2, -0.15) is 0 Å². The van der Waals surface area contributed by atoms with Gasteiger partial charge in [-0.15, -0.1) is 12.4 Å². The fourth-order valence-corrected chi connectivity index (χ4v) is 1.21. The van der Waals surface area contributed by atoms with E-state index in [0.717, 1.165) is 0 Å². The zero-order valence-corrected chi connectivity index (χ0v) is 11.9. The number of carboxylic acids is 1. The topological polar surface area (TPSA) is 116 Å². The molecule has 5 N–H and O–H groups in total. The van der Waals surface area contributed by atoms with Crippen molar-refractivity contribution in [2.24, 2.45) is 11.5 Å². The van der Waals surface area contributed by atoms with Crippen LogP contribution in [0.25, 0.3) is 0 Å². The number of nitrogens with two attached hydrogens (primary N) is 2. The highest BCUT2D eigenvalue weighted by molar-refractivity contribution is 6.03. The molecule has 0 bridgehead atoms. The van der Waals surface area contributed by atoms with Crippen LogP contribution in [0.15, 0.2) is 0 Å². The number of esters is 1. The molecule has 0 spiro atoms. The second kappa shape index (κ2) is 7.56. The Hall–Kier alpha value is -0.850. The third kappa shape index (κ3) is 6.18. The molecule has 0 radical (unpaired) electrons. The Morgan fingerprint density at radius 3 is 2.06 bits per heavy atom. The monoisotopic (exact) mass is 282 g/mol. The van der Waals surface area contributed by atoms with Gasteiger partial charge in [-0.1, -0.05) is 0 Å². The van der Waals surface area contributed by atoms with Crippen molar-refractivity contribution in [2.75, 3.05) is 6.54 Å². The quantitative estimate of drug-likeness (QED) is 0.374. The molecule has 7 heteroatoms. The number of halogens is 1. The predicted octanol–water partition coefficient (Wildman–Crippen LogP) is 0.661. The number of hydrogen-bond donors (Lipinski definition) is 3. The standard InChI is InChI=1S/C11H22N2O4.ClH/c1-10(2,3)17-9(16)11(13,8(14)15)6-4-5-7-12;/h4-7,12-13H2,1-3H3,(H,14,15);1H/t11-;/m1./s1. The van der Waals surface area contributed by atoms with Crippen molar-refractivity contribution in [2.45, 2.75) is 51.2 Å². The molecule has 18 heavy (non-hydrogen) atoms. The van der Waals surface area contributed by atoms with Gasteiger partial charge in [0.05, 0.1) is 0 Å². The summed E-state index contributed by atoms with van der Waals surface area (Å²) in [6.45, 7) is 5.41. The number of rotatable bonds is 6. The maximum absolute atomic E-state index is 11.8. The highest BCUT2D eigenvalue weighted by Gasteiger charge is 2.44. The fraction of sp³-hybridized carbons (Fsp3) is 0.818. The van der Waals surface area contributed by atoms with Gasteiger partial charge in [0.1, 0.15) is 5.60 Å². The summed E-state index contributed by atoms with van der Waals surface area (Å²) in [6, 6.07) is 0. The van der Waals surface area contributed by atoms with Crippen LogP contribution in [-0.2, 0) is 14.3 Å². The first kappa shape index (κ1) is 19.5. The Bertz CT molecular complexity index is 291. The molecule has 0 saturated heterocycles. The zero-order valence-electron chi connectivity index (χ0n) is 11.1. The van der Waals surface area contributed by atoms with Crippen LogP contribution >= 0.6 is 12.4 Å². The molecule has 0 amide bonds. The van der Waals surface area contributed by atoms with Crippen molar-refractivity contribution < 1.29 is 19.4 Å². The van der Waals surface area contributed by atoms with Gasteiger partial charge in [0.25, 0.3) is 0 Å². The van der Waals surface area contributed by atoms with E-state index in [1.807, 2.05) is 0 Å². The lowest BCUT2D eigenvalue weighted by Crippen LogP contribution is -2.57. The molecule has 0 aliphatic rings. The number of unbranched alkanes of at least 4 members (excludes halogenated alkanes) is 1. The van der Waals surface area contributed by atoms with Crippen LogP contribution in [0.4, 0.5) is 0 Å². The zero-order chi connectivity index (χ0) is 13.7. The Kier molecular flexibility index (Phi) is 8.18. The number of hydrogen-bond acceptors (Lipinski definition) is 5. The third-order valence-corrected chi connectivity index (χ3v) is 2.17. The van der Waals surface area contributed by atoms with Gasteiger partial charge in [-0.25, -0.2) is 9.59 Å². The molecule has 0 saturated carbocycles. The van der Waals surface area contributed by atoms with E-state index < -0.39 is 23.1 Å². The molecule has 0 fully saturated rings. The van der Waals surface area contributed by atoms with Gasteiger partial charge in [0.2, 0.25) is 5.54 Å². The lowest BCUT2D eigenvalue weighted by molar-refractivity contribution is -0.169. The molecule has 0 unspecified atom stereocenters. The normalized spacial score (nSPS) is 14.3. The summed E-state index contributed by atoms with van der Waals surface area (Å²) in [5, 5.41) is 9.04. The molecule has 0 heterocycles. The van der Waals surface area contributed by atoms with Crippen molar-refractivity contribution >= 4 is 24.3 Å². The minimum Gasteiger partial charge on any atom is -0.479 e.